The molecule has 0 saturated carbocycles. The molecular formula is C25H25N3O3. The zero-order chi connectivity index (χ0) is 21.8. The largest absolute Gasteiger partial charge is 0.348 e. The van der Waals surface area contributed by atoms with Gasteiger partial charge in [-0.05, 0) is 47.7 Å². The maximum atomic E-state index is 12.6. The molecule has 1 aliphatic heterocycles. The molecule has 4 amide bonds. The van der Waals surface area contributed by atoms with E-state index in [9.17, 15) is 14.4 Å². The van der Waals surface area contributed by atoms with Crippen LogP contribution in [0.4, 0.5) is 4.79 Å². The quantitative estimate of drug-likeness (QED) is 0.579. The third-order valence-corrected chi connectivity index (χ3v) is 5.62. The van der Waals surface area contributed by atoms with Gasteiger partial charge in [-0.25, -0.2) is 4.79 Å². The number of aryl methyl sites for hydroxylation is 1. The van der Waals surface area contributed by atoms with Gasteiger partial charge in [0.05, 0.1) is 6.04 Å². The van der Waals surface area contributed by atoms with Gasteiger partial charge < -0.3 is 10.6 Å². The van der Waals surface area contributed by atoms with Gasteiger partial charge in [-0.3, -0.25) is 14.5 Å². The van der Waals surface area contributed by atoms with E-state index in [0.717, 1.165) is 26.8 Å². The summed E-state index contributed by atoms with van der Waals surface area (Å²) in [6.07, 6.45) is 1.18. The monoisotopic (exact) mass is 415 g/mol. The molecule has 1 fully saturated rings. The van der Waals surface area contributed by atoms with Gasteiger partial charge in [-0.1, -0.05) is 66.7 Å². The molecular weight excluding hydrogens is 390 g/mol. The summed E-state index contributed by atoms with van der Waals surface area (Å²) in [4.78, 5) is 38.4. The Morgan fingerprint density at radius 1 is 1.00 bits per heavy atom. The second-order valence-electron chi connectivity index (χ2n) is 7.85. The molecule has 0 aromatic heterocycles. The van der Waals surface area contributed by atoms with Gasteiger partial charge in [0.2, 0.25) is 5.91 Å². The average molecular weight is 415 g/mol. The van der Waals surface area contributed by atoms with Gasteiger partial charge in [-0.2, -0.15) is 0 Å². The maximum absolute atomic E-state index is 12.6. The van der Waals surface area contributed by atoms with Crippen LogP contribution in [0.15, 0.2) is 72.8 Å². The smallest absolute Gasteiger partial charge is 0.325 e. The summed E-state index contributed by atoms with van der Waals surface area (Å²) >= 11 is 0. The summed E-state index contributed by atoms with van der Waals surface area (Å²) in [7, 11) is 0. The van der Waals surface area contributed by atoms with Crippen molar-refractivity contribution in [1.82, 2.24) is 15.5 Å². The number of hydrogen-bond acceptors (Lipinski definition) is 3. The van der Waals surface area contributed by atoms with Gasteiger partial charge in [0, 0.05) is 0 Å². The minimum atomic E-state index is -0.599. The summed E-state index contributed by atoms with van der Waals surface area (Å²) in [5.74, 6) is -0.720. The van der Waals surface area contributed by atoms with Gasteiger partial charge >= 0.3 is 6.03 Å². The molecule has 1 saturated heterocycles. The third-order valence-electron chi connectivity index (χ3n) is 5.62. The number of nitrogens with zero attached hydrogens (tertiary/aromatic N) is 1. The Balaban J connectivity index is 1.33. The highest BCUT2D eigenvalue weighted by Crippen LogP contribution is 2.20. The van der Waals surface area contributed by atoms with E-state index >= 15 is 0 Å². The number of benzene rings is 3. The highest BCUT2D eigenvalue weighted by molar-refractivity contribution is 6.06. The molecule has 3 aromatic rings. The standard InChI is InChI=1S/C25H25N3O3/c1-17(20-13-12-19-9-5-6-10-21(19)15-20)26-23(29)16-28-24(30)22(27-25(28)31)14-11-18-7-3-2-4-8-18/h2-10,12-13,15,17,22H,11,14,16H2,1H3,(H,26,29)(H,27,31)/t17-,22-/m0/s1. The van der Waals surface area contributed by atoms with Gasteiger partial charge in [0.1, 0.15) is 12.6 Å². The third kappa shape index (κ3) is 4.74. The fourth-order valence-electron chi connectivity index (χ4n) is 3.87. The molecule has 1 aliphatic rings. The first-order chi connectivity index (χ1) is 15.0. The number of hydrogen-bond donors (Lipinski definition) is 2. The van der Waals surface area contributed by atoms with Crippen molar-refractivity contribution in [3.63, 3.8) is 0 Å². The zero-order valence-corrected chi connectivity index (χ0v) is 17.4. The lowest BCUT2D eigenvalue weighted by Crippen LogP contribution is -2.41. The number of amides is 4. The molecule has 1 heterocycles. The lowest BCUT2D eigenvalue weighted by atomic mass is 10.0. The van der Waals surface area contributed by atoms with Crippen LogP contribution < -0.4 is 10.6 Å². The van der Waals surface area contributed by atoms with E-state index in [1.165, 1.54) is 0 Å². The van der Waals surface area contributed by atoms with Crippen molar-refractivity contribution < 1.29 is 14.4 Å². The Morgan fingerprint density at radius 3 is 2.48 bits per heavy atom. The predicted molar refractivity (Wildman–Crippen MR) is 119 cm³/mol. The number of rotatable bonds is 7. The van der Waals surface area contributed by atoms with E-state index in [1.54, 1.807) is 0 Å². The molecule has 0 unspecified atom stereocenters. The molecule has 4 rings (SSSR count). The molecule has 0 radical (unpaired) electrons. The summed E-state index contributed by atoms with van der Waals surface area (Å²) < 4.78 is 0. The number of fused-ring (bicyclic) bond motifs is 1. The lowest BCUT2D eigenvalue weighted by molar-refractivity contribution is -0.132. The molecule has 3 aromatic carbocycles. The second kappa shape index (κ2) is 9.00. The number of carbonyl (C=O) groups excluding carboxylic acids is 3. The zero-order valence-electron chi connectivity index (χ0n) is 17.4. The molecule has 0 spiro atoms. The van der Waals surface area contributed by atoms with Crippen LogP contribution in [0, 0.1) is 0 Å². The van der Waals surface area contributed by atoms with Crippen molar-refractivity contribution in [2.45, 2.75) is 31.8 Å². The Hall–Kier alpha value is -3.67. The number of urea groups is 1. The summed E-state index contributed by atoms with van der Waals surface area (Å²) in [5, 5.41) is 7.80. The van der Waals surface area contributed by atoms with E-state index in [2.05, 4.69) is 10.6 Å². The Bertz CT molecular complexity index is 1110. The van der Waals surface area contributed by atoms with Gasteiger partial charge in [-0.15, -0.1) is 0 Å². The molecule has 0 aliphatic carbocycles. The minimum Gasteiger partial charge on any atom is -0.348 e. The first-order valence-electron chi connectivity index (χ1n) is 10.4. The first-order valence-corrected chi connectivity index (χ1v) is 10.4. The van der Waals surface area contributed by atoms with Crippen molar-refractivity contribution in [3.8, 4) is 0 Å². The fourth-order valence-corrected chi connectivity index (χ4v) is 3.87. The van der Waals surface area contributed by atoms with Crippen LogP contribution >= 0.6 is 0 Å². The average Bonchev–Trinajstić information content (AvgIpc) is 3.05. The summed E-state index contributed by atoms with van der Waals surface area (Å²) in [6, 6.07) is 22.5. The number of carbonyl (C=O) groups is 3. The van der Waals surface area contributed by atoms with Crippen molar-refractivity contribution in [3.05, 3.63) is 83.9 Å². The van der Waals surface area contributed by atoms with Crippen molar-refractivity contribution >= 4 is 28.6 Å². The van der Waals surface area contributed by atoms with E-state index in [-0.39, 0.29) is 24.4 Å². The van der Waals surface area contributed by atoms with Crippen LogP contribution in [0.25, 0.3) is 10.8 Å². The van der Waals surface area contributed by atoms with Gasteiger partial charge in [0.25, 0.3) is 5.91 Å². The molecule has 2 N–H and O–H groups in total. The Kier molecular flexibility index (Phi) is 5.98. The SMILES string of the molecule is C[C@H](NC(=O)CN1C(=O)N[C@@H](CCc2ccccc2)C1=O)c1ccc2ccccc2c1. The molecule has 0 bridgehead atoms. The van der Waals surface area contributed by atoms with Crippen LogP contribution in [0.5, 0.6) is 0 Å². The Morgan fingerprint density at radius 2 is 1.71 bits per heavy atom. The summed E-state index contributed by atoms with van der Waals surface area (Å²) in [6.45, 7) is 1.60. The number of imide groups is 1. The molecule has 6 heteroatoms. The number of nitrogens with one attached hydrogen (secondary N) is 2. The van der Waals surface area contributed by atoms with Crippen LogP contribution in [0.3, 0.4) is 0 Å². The topological polar surface area (TPSA) is 78.5 Å². The van der Waals surface area contributed by atoms with Crippen molar-refractivity contribution in [2.75, 3.05) is 6.54 Å². The summed E-state index contributed by atoms with van der Waals surface area (Å²) in [5.41, 5.74) is 2.06. The minimum absolute atomic E-state index is 0.244. The van der Waals surface area contributed by atoms with Gasteiger partial charge in [0.15, 0.2) is 0 Å². The van der Waals surface area contributed by atoms with E-state index in [4.69, 9.17) is 0 Å². The Labute approximate surface area is 181 Å². The van der Waals surface area contributed by atoms with Crippen molar-refractivity contribution in [1.29, 1.82) is 0 Å². The van der Waals surface area contributed by atoms with E-state index in [0.29, 0.717) is 12.8 Å². The fraction of sp³-hybridized carbons (Fsp3) is 0.240. The second-order valence-corrected chi connectivity index (χ2v) is 7.85. The lowest BCUT2D eigenvalue weighted by Gasteiger charge is -2.18. The van der Waals surface area contributed by atoms with Crippen LogP contribution in [-0.4, -0.2) is 35.3 Å². The van der Waals surface area contributed by atoms with Crippen LogP contribution in [0.1, 0.15) is 30.5 Å². The highest BCUT2D eigenvalue weighted by atomic mass is 16.2. The van der Waals surface area contributed by atoms with E-state index in [1.807, 2.05) is 79.7 Å². The van der Waals surface area contributed by atoms with Crippen LogP contribution in [0.2, 0.25) is 0 Å². The molecule has 2 atom stereocenters. The van der Waals surface area contributed by atoms with Crippen molar-refractivity contribution in [2.24, 2.45) is 0 Å². The van der Waals surface area contributed by atoms with E-state index < -0.39 is 12.1 Å². The normalized spacial score (nSPS) is 16.9. The molecule has 158 valence electrons. The first kappa shape index (κ1) is 20.6. The molecule has 31 heavy (non-hydrogen) atoms. The molecule has 6 nitrogen and oxygen atoms in total. The predicted octanol–water partition coefficient (Wildman–Crippen LogP) is 3.57. The van der Waals surface area contributed by atoms with Crippen LogP contribution in [-0.2, 0) is 16.0 Å². The highest BCUT2D eigenvalue weighted by Gasteiger charge is 2.38. The maximum Gasteiger partial charge on any atom is 0.325 e.